The minimum absolute atomic E-state index is 0.0216. The van der Waals surface area contributed by atoms with Crippen molar-refractivity contribution in [2.75, 3.05) is 19.0 Å². The smallest absolute Gasteiger partial charge is 0.331 e. The van der Waals surface area contributed by atoms with Crippen molar-refractivity contribution in [1.29, 1.82) is 4.78 Å². The van der Waals surface area contributed by atoms with Crippen molar-refractivity contribution in [2.45, 2.75) is 61.9 Å². The molecule has 3 aliphatic rings. The van der Waals surface area contributed by atoms with E-state index in [-0.39, 0.29) is 16.8 Å². The summed E-state index contributed by atoms with van der Waals surface area (Å²) in [5.41, 5.74) is 3.62. The summed E-state index contributed by atoms with van der Waals surface area (Å²) in [7, 11) is -2.01. The molecule has 0 radical (unpaired) electrons. The molecule has 1 unspecified atom stereocenters. The number of alkyl halides is 2. The van der Waals surface area contributed by atoms with E-state index in [0.717, 1.165) is 29.5 Å². The quantitative estimate of drug-likeness (QED) is 0.524. The van der Waals surface area contributed by atoms with Gasteiger partial charge in [0.25, 0.3) is 0 Å². The summed E-state index contributed by atoms with van der Waals surface area (Å²) in [4.78, 5) is 12.9. The SMILES string of the molecule is CN[C@@H]1COc2c(S(=N)(=O)NC(=O)Nc3c4c(cc5c3[C@H](C(F)F)CC5)CCC4)cnn2C1. The number of carbonyl (C=O) groups excluding carboxylic acids is 1. The minimum Gasteiger partial charge on any atom is -0.475 e. The highest BCUT2D eigenvalue weighted by Gasteiger charge is 2.36. The molecule has 0 fully saturated rings. The van der Waals surface area contributed by atoms with Crippen LogP contribution in [0.3, 0.4) is 0 Å². The first-order valence-electron chi connectivity index (χ1n) is 11.0. The first kappa shape index (κ1) is 22.1. The monoisotopic (exact) mass is 480 g/mol. The van der Waals surface area contributed by atoms with Crippen LogP contribution in [0.5, 0.6) is 5.88 Å². The number of ether oxygens (including phenoxy) is 1. The molecule has 2 aliphatic carbocycles. The number of halogens is 2. The number of anilines is 1. The Morgan fingerprint density at radius 2 is 2.15 bits per heavy atom. The Morgan fingerprint density at radius 1 is 1.33 bits per heavy atom. The first-order valence-corrected chi connectivity index (χ1v) is 12.5. The molecule has 0 saturated heterocycles. The summed E-state index contributed by atoms with van der Waals surface area (Å²) in [6, 6.07) is 1.14. The van der Waals surface area contributed by atoms with Crippen molar-refractivity contribution in [1.82, 2.24) is 19.8 Å². The average molecular weight is 481 g/mol. The van der Waals surface area contributed by atoms with E-state index >= 15 is 0 Å². The van der Waals surface area contributed by atoms with Gasteiger partial charge in [0.05, 0.1) is 18.8 Å². The van der Waals surface area contributed by atoms with E-state index in [0.29, 0.717) is 43.7 Å². The molecule has 9 nitrogen and oxygen atoms in total. The van der Waals surface area contributed by atoms with E-state index in [1.807, 2.05) is 6.07 Å². The van der Waals surface area contributed by atoms with Gasteiger partial charge in [0.2, 0.25) is 12.3 Å². The number of amides is 2. The molecule has 178 valence electrons. The molecule has 0 spiro atoms. The molecule has 2 amide bonds. The standard InChI is InChI=1S/C21H26F2N6O3S/c1-25-13-9-29-20(32-10-13)16(8-26-29)33(24,31)28-21(30)27-18-14-4-2-3-11(14)7-12-5-6-15(17(12)18)19(22)23/h7-8,13,15,19,25H,2-6,9-10H2,1H3,(H3,24,27,28,30,31)/t13-,15+,33?/m0/s1. The summed E-state index contributed by atoms with van der Waals surface area (Å²) in [6.07, 6.45) is 1.99. The zero-order valence-corrected chi connectivity index (χ0v) is 18.9. The lowest BCUT2D eigenvalue weighted by molar-refractivity contribution is 0.114. The summed E-state index contributed by atoms with van der Waals surface area (Å²) in [6.45, 7) is 0.791. The highest BCUT2D eigenvalue weighted by atomic mass is 32.2. The molecule has 1 aromatic heterocycles. The lowest BCUT2D eigenvalue weighted by Crippen LogP contribution is -2.40. The number of nitrogens with zero attached hydrogens (tertiary/aromatic N) is 2. The Bertz CT molecular complexity index is 1210. The molecule has 2 aromatic rings. The van der Waals surface area contributed by atoms with Crippen molar-refractivity contribution in [3.8, 4) is 5.88 Å². The molecule has 0 saturated carbocycles. The van der Waals surface area contributed by atoms with Gasteiger partial charge in [-0.05, 0) is 61.4 Å². The zero-order valence-electron chi connectivity index (χ0n) is 18.1. The number of benzene rings is 1. The molecule has 5 rings (SSSR count). The van der Waals surface area contributed by atoms with Gasteiger partial charge in [0.15, 0.2) is 9.92 Å². The molecule has 1 aromatic carbocycles. The summed E-state index contributed by atoms with van der Waals surface area (Å²) >= 11 is 0. The third-order valence-electron chi connectivity index (χ3n) is 6.69. The molecule has 12 heteroatoms. The van der Waals surface area contributed by atoms with Gasteiger partial charge >= 0.3 is 6.03 Å². The Morgan fingerprint density at radius 3 is 2.91 bits per heavy atom. The van der Waals surface area contributed by atoms with Crippen LogP contribution in [-0.2, 0) is 35.7 Å². The third-order valence-corrected chi connectivity index (χ3v) is 8.06. The van der Waals surface area contributed by atoms with E-state index in [1.165, 1.54) is 10.9 Å². The van der Waals surface area contributed by atoms with Crippen LogP contribution in [-0.4, -0.2) is 46.1 Å². The highest BCUT2D eigenvalue weighted by Crippen LogP contribution is 2.46. The molecule has 3 atom stereocenters. The van der Waals surface area contributed by atoms with Crippen molar-refractivity contribution in [2.24, 2.45) is 0 Å². The Labute approximate surface area is 190 Å². The van der Waals surface area contributed by atoms with Crippen LogP contribution in [0.2, 0.25) is 0 Å². The van der Waals surface area contributed by atoms with Gasteiger partial charge in [0, 0.05) is 11.6 Å². The number of hydrogen-bond acceptors (Lipinski definition) is 6. The fraction of sp³-hybridized carbons (Fsp3) is 0.524. The number of nitrogens with one attached hydrogen (secondary N) is 4. The highest BCUT2D eigenvalue weighted by molar-refractivity contribution is 7.91. The minimum atomic E-state index is -3.80. The second-order valence-electron chi connectivity index (χ2n) is 8.70. The molecular weight excluding hydrogens is 454 g/mol. The van der Waals surface area contributed by atoms with Crippen LogP contribution in [0.15, 0.2) is 17.2 Å². The van der Waals surface area contributed by atoms with E-state index in [9.17, 15) is 17.8 Å². The fourth-order valence-electron chi connectivity index (χ4n) is 5.07. The van der Waals surface area contributed by atoms with Crippen LogP contribution in [0, 0.1) is 4.78 Å². The second-order valence-corrected chi connectivity index (χ2v) is 10.5. The fourth-order valence-corrected chi connectivity index (χ4v) is 6.10. The lowest BCUT2D eigenvalue weighted by atomic mass is 9.94. The summed E-state index contributed by atoms with van der Waals surface area (Å²) in [5, 5.41) is 9.88. The maximum atomic E-state index is 13.7. The predicted molar refractivity (Wildman–Crippen MR) is 117 cm³/mol. The number of hydrogen-bond donors (Lipinski definition) is 4. The molecule has 1 aliphatic heterocycles. The maximum Gasteiger partial charge on any atom is 0.331 e. The Balaban J connectivity index is 1.41. The second kappa shape index (κ2) is 8.24. The number of carbonyl (C=O) groups is 1. The molecule has 4 N–H and O–H groups in total. The van der Waals surface area contributed by atoms with Gasteiger partial charge in [-0.15, -0.1) is 0 Å². The lowest BCUT2D eigenvalue weighted by Gasteiger charge is -2.24. The zero-order chi connectivity index (χ0) is 23.3. The van der Waals surface area contributed by atoms with Gasteiger partial charge in [-0.2, -0.15) is 5.10 Å². The number of aromatic nitrogens is 2. The molecule has 33 heavy (non-hydrogen) atoms. The van der Waals surface area contributed by atoms with Crippen molar-refractivity contribution >= 4 is 21.6 Å². The van der Waals surface area contributed by atoms with Gasteiger partial charge in [0.1, 0.15) is 11.5 Å². The first-order chi connectivity index (χ1) is 15.8. The maximum absolute atomic E-state index is 13.7. The van der Waals surface area contributed by atoms with Crippen LogP contribution in [0.4, 0.5) is 19.3 Å². The number of likely N-dealkylation sites (N-methyl/N-ethyl adjacent to an activating group) is 1. The van der Waals surface area contributed by atoms with Gasteiger partial charge in [-0.25, -0.2) is 32.0 Å². The van der Waals surface area contributed by atoms with E-state index in [1.54, 1.807) is 7.05 Å². The Kier molecular flexibility index (Phi) is 5.52. The normalized spacial score (nSPS) is 22.8. The molecular formula is C21H26F2N6O3S. The predicted octanol–water partition coefficient (Wildman–Crippen LogP) is 2.79. The number of fused-ring (bicyclic) bond motifs is 3. The van der Waals surface area contributed by atoms with Crippen molar-refractivity contribution < 1.29 is 22.5 Å². The van der Waals surface area contributed by atoms with Crippen LogP contribution >= 0.6 is 0 Å². The van der Waals surface area contributed by atoms with Gasteiger partial charge in [-0.1, -0.05) is 6.07 Å². The van der Waals surface area contributed by atoms with Crippen molar-refractivity contribution in [3.05, 3.63) is 34.5 Å². The summed E-state index contributed by atoms with van der Waals surface area (Å²) < 4.78 is 58.3. The molecule has 2 heterocycles. The number of urea groups is 1. The molecule has 0 bridgehead atoms. The number of aryl methyl sites for hydroxylation is 2. The topological polar surface area (TPSA) is 121 Å². The average Bonchev–Trinajstić information content (AvgIpc) is 3.50. The van der Waals surface area contributed by atoms with E-state index < -0.39 is 28.3 Å². The Hall–Kier alpha value is -2.73. The largest absolute Gasteiger partial charge is 0.475 e. The van der Waals surface area contributed by atoms with Crippen LogP contribution in [0.25, 0.3) is 0 Å². The van der Waals surface area contributed by atoms with Crippen LogP contribution in [0.1, 0.15) is 41.0 Å². The van der Waals surface area contributed by atoms with E-state index in [2.05, 4.69) is 20.5 Å². The van der Waals surface area contributed by atoms with E-state index in [4.69, 9.17) is 9.52 Å². The number of rotatable bonds is 5. The van der Waals surface area contributed by atoms with Gasteiger partial charge in [-0.3, -0.25) is 0 Å². The van der Waals surface area contributed by atoms with Crippen molar-refractivity contribution in [3.63, 3.8) is 0 Å². The third kappa shape index (κ3) is 3.84. The van der Waals surface area contributed by atoms with Gasteiger partial charge < -0.3 is 15.4 Å². The van der Waals surface area contributed by atoms with Crippen LogP contribution < -0.4 is 20.1 Å². The summed E-state index contributed by atoms with van der Waals surface area (Å²) in [5.74, 6) is -0.765.